The molecule has 0 saturated carbocycles. The quantitative estimate of drug-likeness (QED) is 0.493. The van der Waals surface area contributed by atoms with Crippen LogP contribution in [-0.4, -0.2) is 47.0 Å². The van der Waals surface area contributed by atoms with E-state index in [0.717, 1.165) is 37.3 Å². The van der Waals surface area contributed by atoms with Crippen molar-refractivity contribution >= 4 is 17.4 Å². The lowest BCUT2D eigenvalue weighted by atomic mass is 10.2. The van der Waals surface area contributed by atoms with Crippen LogP contribution in [0.2, 0.25) is 0 Å². The third-order valence-electron chi connectivity index (χ3n) is 4.94. The van der Waals surface area contributed by atoms with Gasteiger partial charge in [0.05, 0.1) is 0 Å². The van der Waals surface area contributed by atoms with Crippen LogP contribution in [0.1, 0.15) is 30.6 Å². The molecule has 1 heterocycles. The van der Waals surface area contributed by atoms with E-state index in [4.69, 9.17) is 0 Å². The first-order chi connectivity index (χ1) is 14.7. The van der Waals surface area contributed by atoms with Gasteiger partial charge in [-0.15, -0.1) is 0 Å². The van der Waals surface area contributed by atoms with E-state index in [1.54, 1.807) is 6.20 Å². The lowest BCUT2D eigenvalue weighted by Gasteiger charge is -2.17. The van der Waals surface area contributed by atoms with E-state index in [9.17, 15) is 4.79 Å². The molecule has 6 heteroatoms. The van der Waals surface area contributed by atoms with Crippen LogP contribution in [0.25, 0.3) is 11.4 Å². The molecule has 0 bridgehead atoms. The van der Waals surface area contributed by atoms with Gasteiger partial charge in [-0.1, -0.05) is 44.2 Å². The number of nitrogens with one attached hydrogen (secondary N) is 2. The zero-order valence-electron chi connectivity index (χ0n) is 17.6. The number of carbonyl (C=O) groups is 1. The van der Waals surface area contributed by atoms with Gasteiger partial charge in [0.25, 0.3) is 5.91 Å². The number of nitrogens with zero attached hydrogens (tertiary/aromatic N) is 3. The summed E-state index contributed by atoms with van der Waals surface area (Å²) in [7, 11) is 0. The molecular formula is C24H29N5O. The molecule has 3 rings (SSSR count). The van der Waals surface area contributed by atoms with Gasteiger partial charge in [-0.25, -0.2) is 9.97 Å². The summed E-state index contributed by atoms with van der Waals surface area (Å²) in [5.74, 6) is 1.33. The zero-order chi connectivity index (χ0) is 21.2. The Kier molecular flexibility index (Phi) is 7.92. The Morgan fingerprint density at radius 1 is 0.967 bits per heavy atom. The van der Waals surface area contributed by atoms with Crippen LogP contribution in [0.3, 0.4) is 0 Å². The fraction of sp³-hybridized carbons (Fsp3) is 0.292. The molecule has 0 radical (unpaired) electrons. The van der Waals surface area contributed by atoms with E-state index in [-0.39, 0.29) is 5.91 Å². The van der Waals surface area contributed by atoms with Gasteiger partial charge >= 0.3 is 0 Å². The lowest BCUT2D eigenvalue weighted by molar-refractivity contribution is 0.0952. The number of carbonyl (C=O) groups excluding carboxylic acids is 1. The molecule has 0 saturated heterocycles. The highest BCUT2D eigenvalue weighted by atomic mass is 16.1. The largest absolute Gasteiger partial charge is 0.352 e. The first-order valence-electron chi connectivity index (χ1n) is 10.5. The first-order valence-corrected chi connectivity index (χ1v) is 10.5. The molecule has 0 unspecified atom stereocenters. The van der Waals surface area contributed by atoms with Crippen molar-refractivity contribution in [3.05, 3.63) is 72.4 Å². The van der Waals surface area contributed by atoms with Crippen LogP contribution in [-0.2, 0) is 0 Å². The van der Waals surface area contributed by atoms with Gasteiger partial charge in [0.15, 0.2) is 5.82 Å². The highest BCUT2D eigenvalue weighted by Gasteiger charge is 2.07. The summed E-state index contributed by atoms with van der Waals surface area (Å²) in [5, 5.41) is 6.26. The monoisotopic (exact) mass is 403 g/mol. The van der Waals surface area contributed by atoms with Crippen LogP contribution >= 0.6 is 0 Å². The molecule has 0 spiro atoms. The van der Waals surface area contributed by atoms with Crippen molar-refractivity contribution in [2.75, 3.05) is 31.5 Å². The minimum Gasteiger partial charge on any atom is -0.352 e. The molecular weight excluding hydrogens is 374 g/mol. The molecule has 6 nitrogen and oxygen atoms in total. The maximum Gasteiger partial charge on any atom is 0.251 e. The van der Waals surface area contributed by atoms with E-state index in [1.807, 2.05) is 60.7 Å². The van der Waals surface area contributed by atoms with Gasteiger partial charge in [0.2, 0.25) is 0 Å². The summed E-state index contributed by atoms with van der Waals surface area (Å²) < 4.78 is 0. The molecule has 0 atom stereocenters. The van der Waals surface area contributed by atoms with Crippen molar-refractivity contribution < 1.29 is 4.79 Å². The molecule has 1 aromatic heterocycles. The molecule has 1 amide bonds. The molecule has 2 aromatic carbocycles. The molecule has 3 aromatic rings. The predicted octanol–water partition coefficient (Wildman–Crippen LogP) is 4.35. The topological polar surface area (TPSA) is 70.2 Å². The van der Waals surface area contributed by atoms with Crippen molar-refractivity contribution in [3.8, 4) is 11.4 Å². The van der Waals surface area contributed by atoms with E-state index < -0.39 is 0 Å². The molecule has 0 aliphatic rings. The molecule has 0 aliphatic carbocycles. The van der Waals surface area contributed by atoms with Crippen LogP contribution in [0.15, 0.2) is 66.9 Å². The highest BCUT2D eigenvalue weighted by Crippen LogP contribution is 2.19. The number of anilines is 2. The number of hydrogen-bond donors (Lipinski definition) is 2. The molecule has 0 aliphatic heterocycles. The average molecular weight is 404 g/mol. The SMILES string of the molecule is CCN(CC)CCCNC(=O)c1ccc(Nc2ccnc(-c3ccccc3)n2)cc1. The van der Waals surface area contributed by atoms with E-state index in [0.29, 0.717) is 23.8 Å². The minimum absolute atomic E-state index is 0.0468. The second kappa shape index (κ2) is 11.1. The summed E-state index contributed by atoms with van der Waals surface area (Å²) in [5.41, 5.74) is 2.48. The number of amides is 1. The third-order valence-corrected chi connectivity index (χ3v) is 4.94. The first kappa shape index (κ1) is 21.5. The smallest absolute Gasteiger partial charge is 0.251 e. The number of benzene rings is 2. The van der Waals surface area contributed by atoms with Crippen LogP contribution < -0.4 is 10.6 Å². The Balaban J connectivity index is 1.54. The standard InChI is InChI=1S/C24H29N5O/c1-3-29(4-2)18-8-16-26-24(30)20-11-13-21(14-12-20)27-22-15-17-25-23(28-22)19-9-6-5-7-10-19/h5-7,9-15,17H,3-4,8,16,18H2,1-2H3,(H,26,30)(H,25,27,28). The maximum absolute atomic E-state index is 12.3. The summed E-state index contributed by atoms with van der Waals surface area (Å²) in [6, 6.07) is 19.1. The van der Waals surface area contributed by atoms with Crippen LogP contribution in [0.4, 0.5) is 11.5 Å². The highest BCUT2D eigenvalue weighted by molar-refractivity contribution is 5.94. The average Bonchev–Trinajstić information content (AvgIpc) is 2.80. The Hall–Kier alpha value is -3.25. The fourth-order valence-corrected chi connectivity index (χ4v) is 3.15. The summed E-state index contributed by atoms with van der Waals surface area (Å²) >= 11 is 0. The lowest BCUT2D eigenvalue weighted by Crippen LogP contribution is -2.29. The second-order valence-electron chi connectivity index (χ2n) is 6.97. The zero-order valence-corrected chi connectivity index (χ0v) is 17.6. The predicted molar refractivity (Wildman–Crippen MR) is 122 cm³/mol. The number of hydrogen-bond acceptors (Lipinski definition) is 5. The second-order valence-corrected chi connectivity index (χ2v) is 6.97. The minimum atomic E-state index is -0.0468. The number of rotatable bonds is 10. The van der Waals surface area contributed by atoms with E-state index in [1.165, 1.54) is 0 Å². The molecule has 0 fully saturated rings. The van der Waals surface area contributed by atoms with Crippen LogP contribution in [0.5, 0.6) is 0 Å². The van der Waals surface area contributed by atoms with Gasteiger partial charge < -0.3 is 15.5 Å². The Morgan fingerprint density at radius 3 is 2.40 bits per heavy atom. The normalized spacial score (nSPS) is 10.8. The van der Waals surface area contributed by atoms with Crippen molar-refractivity contribution in [1.29, 1.82) is 0 Å². The Labute approximate surface area is 178 Å². The number of aromatic nitrogens is 2. The summed E-state index contributed by atoms with van der Waals surface area (Å²) in [6.45, 7) is 8.07. The van der Waals surface area contributed by atoms with Crippen molar-refractivity contribution in [2.24, 2.45) is 0 Å². The fourth-order valence-electron chi connectivity index (χ4n) is 3.15. The van der Waals surface area contributed by atoms with Crippen molar-refractivity contribution in [1.82, 2.24) is 20.2 Å². The summed E-state index contributed by atoms with van der Waals surface area (Å²) in [6.07, 6.45) is 2.68. The van der Waals surface area contributed by atoms with Crippen molar-refractivity contribution in [3.63, 3.8) is 0 Å². The van der Waals surface area contributed by atoms with Gasteiger partial charge in [-0.05, 0) is 56.4 Å². The van der Waals surface area contributed by atoms with Gasteiger partial charge in [0.1, 0.15) is 5.82 Å². The van der Waals surface area contributed by atoms with E-state index >= 15 is 0 Å². The van der Waals surface area contributed by atoms with E-state index in [2.05, 4.69) is 39.3 Å². The van der Waals surface area contributed by atoms with Gasteiger partial charge in [-0.3, -0.25) is 4.79 Å². The molecule has 2 N–H and O–H groups in total. The van der Waals surface area contributed by atoms with Gasteiger partial charge in [0, 0.05) is 29.6 Å². The Morgan fingerprint density at radius 2 is 1.70 bits per heavy atom. The molecule has 156 valence electrons. The Bertz CT molecular complexity index is 924. The molecule has 30 heavy (non-hydrogen) atoms. The maximum atomic E-state index is 12.3. The van der Waals surface area contributed by atoms with Crippen LogP contribution in [0, 0.1) is 0 Å². The summed E-state index contributed by atoms with van der Waals surface area (Å²) in [4.78, 5) is 23.6. The van der Waals surface area contributed by atoms with Gasteiger partial charge in [-0.2, -0.15) is 0 Å². The van der Waals surface area contributed by atoms with Crippen molar-refractivity contribution in [2.45, 2.75) is 20.3 Å². The third kappa shape index (κ3) is 6.12.